The summed E-state index contributed by atoms with van der Waals surface area (Å²) >= 11 is 0. The highest BCUT2D eigenvalue weighted by Gasteiger charge is 2.50. The predicted molar refractivity (Wildman–Crippen MR) is 182 cm³/mol. The molecule has 286 valence electrons. The second-order valence-corrected chi connectivity index (χ2v) is 14.9. The van der Waals surface area contributed by atoms with Gasteiger partial charge in [-0.3, -0.25) is 4.79 Å². The van der Waals surface area contributed by atoms with Crippen molar-refractivity contribution in [3.63, 3.8) is 0 Å². The van der Waals surface area contributed by atoms with Crippen LogP contribution >= 0.6 is 0 Å². The van der Waals surface area contributed by atoms with Crippen molar-refractivity contribution in [1.29, 1.82) is 0 Å². The van der Waals surface area contributed by atoms with Crippen LogP contribution < -0.4 is 5.73 Å². The smallest absolute Gasteiger partial charge is 0.475 e. The number of imidazole rings is 1. The largest absolute Gasteiger partial charge is 0.490 e. The Kier molecular flexibility index (Phi) is 13.2. The molecule has 2 aromatic carbocycles. The first-order valence-corrected chi connectivity index (χ1v) is 16.5. The van der Waals surface area contributed by atoms with E-state index in [-0.39, 0.29) is 48.8 Å². The van der Waals surface area contributed by atoms with Gasteiger partial charge in [-0.05, 0) is 47.1 Å². The Bertz CT molecular complexity index is 1700. The van der Waals surface area contributed by atoms with Crippen LogP contribution in [0.3, 0.4) is 0 Å². The van der Waals surface area contributed by atoms with Gasteiger partial charge in [0.05, 0.1) is 11.7 Å². The Balaban J connectivity index is 0.000000944. The lowest BCUT2D eigenvalue weighted by molar-refractivity contribution is -0.192. The second-order valence-electron chi connectivity index (χ2n) is 14.9. The van der Waals surface area contributed by atoms with Crippen molar-refractivity contribution in [3.8, 4) is 11.3 Å². The van der Waals surface area contributed by atoms with Crippen molar-refractivity contribution in [1.82, 2.24) is 19.4 Å². The molecule has 0 saturated carbocycles. The van der Waals surface area contributed by atoms with Crippen LogP contribution in [0.25, 0.3) is 11.3 Å². The van der Waals surface area contributed by atoms with E-state index in [4.69, 9.17) is 20.6 Å². The van der Waals surface area contributed by atoms with Crippen LogP contribution in [0, 0.1) is 34.3 Å². The molecule has 52 heavy (non-hydrogen) atoms. The van der Waals surface area contributed by atoms with Gasteiger partial charge in [0.15, 0.2) is 0 Å². The maximum atomic E-state index is 15.0. The van der Waals surface area contributed by atoms with Crippen molar-refractivity contribution in [3.05, 3.63) is 77.8 Å². The number of carbonyl (C=O) groups is 3. The number of rotatable bonds is 9. The van der Waals surface area contributed by atoms with E-state index in [9.17, 15) is 37.4 Å². The molecule has 0 bridgehead atoms. The number of nitrogens with zero attached hydrogens (tertiary/aromatic N) is 4. The number of aromatic nitrogens is 2. The van der Waals surface area contributed by atoms with Gasteiger partial charge in [-0.2, -0.15) is 13.2 Å². The third-order valence-corrected chi connectivity index (χ3v) is 8.90. The zero-order chi connectivity index (χ0) is 39.3. The molecule has 1 aliphatic rings. The molecule has 11 nitrogen and oxygen atoms in total. The van der Waals surface area contributed by atoms with Crippen LogP contribution in [-0.4, -0.2) is 91.1 Å². The molecule has 2 heterocycles. The highest BCUT2D eigenvalue weighted by molar-refractivity contribution is 5.78. The molecule has 1 aliphatic heterocycles. The van der Waals surface area contributed by atoms with Crippen LogP contribution in [0.2, 0.25) is 0 Å². The minimum atomic E-state index is -5.08. The first kappa shape index (κ1) is 41.8. The number of likely N-dealkylation sites (tertiary alicyclic amines) is 1. The molecule has 0 aliphatic carbocycles. The number of carboxylic acid groups (broad SMARTS) is 2. The first-order valence-electron chi connectivity index (χ1n) is 16.5. The zero-order valence-corrected chi connectivity index (χ0v) is 29.9. The van der Waals surface area contributed by atoms with Crippen molar-refractivity contribution in [2.75, 3.05) is 26.2 Å². The zero-order valence-electron chi connectivity index (χ0n) is 29.9. The summed E-state index contributed by atoms with van der Waals surface area (Å²) in [6.07, 6.45) is -4.48. The van der Waals surface area contributed by atoms with Gasteiger partial charge in [-0.1, -0.05) is 71.9 Å². The van der Waals surface area contributed by atoms with E-state index in [1.807, 2.05) is 76.4 Å². The van der Waals surface area contributed by atoms with Gasteiger partial charge in [-0.25, -0.2) is 23.4 Å². The second kappa shape index (κ2) is 16.4. The number of benzene rings is 2. The van der Waals surface area contributed by atoms with Crippen LogP contribution in [-0.2, 0) is 16.1 Å². The predicted octanol–water partition coefficient (Wildman–Crippen LogP) is 6.02. The average molecular weight is 740 g/mol. The number of hydrogen-bond donors (Lipinski definition) is 4. The number of alkyl halides is 3. The lowest BCUT2D eigenvalue weighted by Crippen LogP contribution is -2.49. The Morgan fingerprint density at radius 3 is 2.08 bits per heavy atom. The van der Waals surface area contributed by atoms with Gasteiger partial charge in [-0.15, -0.1) is 0 Å². The SMILES string of the molecule is CC(C)(C)C1C(CN)C(CN(C(=O)CO)[C@@H](c2nc(-c3cc(F)ccc3F)cn2Cc2ccccc2)C(C)(C)C)CN1C(=O)O.O=C(O)C(F)(F)F. The van der Waals surface area contributed by atoms with Crippen molar-refractivity contribution >= 4 is 18.0 Å². The molecule has 5 N–H and O–H groups in total. The van der Waals surface area contributed by atoms with E-state index >= 15 is 4.39 Å². The molecule has 3 aromatic rings. The lowest BCUT2D eigenvalue weighted by Gasteiger charge is -2.42. The monoisotopic (exact) mass is 739 g/mol. The van der Waals surface area contributed by atoms with E-state index in [1.165, 1.54) is 4.90 Å². The summed E-state index contributed by atoms with van der Waals surface area (Å²) in [5, 5.41) is 27.4. The number of aliphatic carboxylic acids is 1. The summed E-state index contributed by atoms with van der Waals surface area (Å²) in [6, 6.07) is 11.6. The molecular formula is C36H46F5N5O6. The normalized spacial score (nSPS) is 18.4. The van der Waals surface area contributed by atoms with Crippen molar-refractivity contribution in [2.24, 2.45) is 28.4 Å². The van der Waals surface area contributed by atoms with Crippen molar-refractivity contribution in [2.45, 2.75) is 66.3 Å². The van der Waals surface area contributed by atoms with Crippen LogP contribution in [0.4, 0.5) is 26.7 Å². The molecule has 1 aromatic heterocycles. The van der Waals surface area contributed by atoms with Crippen LogP contribution in [0.1, 0.15) is 59.0 Å². The number of aliphatic hydroxyl groups excluding tert-OH is 1. The van der Waals surface area contributed by atoms with Gasteiger partial charge in [0.2, 0.25) is 5.91 Å². The number of amides is 2. The van der Waals surface area contributed by atoms with Crippen molar-refractivity contribution < 1.29 is 51.7 Å². The highest BCUT2D eigenvalue weighted by atomic mass is 19.4. The number of halogens is 5. The molecule has 0 radical (unpaired) electrons. The topological polar surface area (TPSA) is 162 Å². The van der Waals surface area contributed by atoms with E-state index < -0.39 is 59.3 Å². The fourth-order valence-electron chi connectivity index (χ4n) is 6.88. The van der Waals surface area contributed by atoms with E-state index in [0.29, 0.717) is 12.4 Å². The standard InChI is InChI=1S/C34H45F2N5O4.C2HF3O2/c1-33(2,3)29-25(15-37)22(18-41(29)32(44)45)17-40(28(43)20-42)30(34(4,5)6)31-38-27(24-14-23(35)12-13-26(24)36)19-39(31)16-21-10-8-7-9-11-21;3-2(4,5)1(6)7/h7-14,19,22,25,29-30,42H,15-18,20,37H2,1-6H3,(H,44,45);(H,6,7)/t22?,25?,29?,30-;/m0./s1. The molecule has 2 amide bonds. The van der Waals surface area contributed by atoms with Gasteiger partial charge in [0.25, 0.3) is 0 Å². The Morgan fingerprint density at radius 1 is 1.00 bits per heavy atom. The van der Waals surface area contributed by atoms with Gasteiger partial charge in [0.1, 0.15) is 24.1 Å². The molecule has 1 saturated heterocycles. The summed E-state index contributed by atoms with van der Waals surface area (Å²) in [4.78, 5) is 42.7. The number of hydrogen-bond acceptors (Lipinski definition) is 6. The van der Waals surface area contributed by atoms with Gasteiger partial charge >= 0.3 is 18.2 Å². The minimum absolute atomic E-state index is 0.0140. The summed E-state index contributed by atoms with van der Waals surface area (Å²) in [7, 11) is 0. The molecule has 0 spiro atoms. The molecule has 4 atom stereocenters. The third-order valence-electron chi connectivity index (χ3n) is 8.90. The molecule has 3 unspecified atom stereocenters. The van der Waals surface area contributed by atoms with Gasteiger partial charge in [0, 0.05) is 43.4 Å². The van der Waals surface area contributed by atoms with Crippen LogP contribution in [0.5, 0.6) is 0 Å². The van der Waals surface area contributed by atoms with E-state index in [0.717, 1.165) is 23.8 Å². The number of carbonyl (C=O) groups excluding carboxylic acids is 1. The molecule has 1 fully saturated rings. The number of aliphatic hydroxyl groups is 1. The van der Waals surface area contributed by atoms with E-state index in [1.54, 1.807) is 11.1 Å². The molecule has 4 rings (SSSR count). The lowest BCUT2D eigenvalue weighted by atomic mass is 9.76. The first-order chi connectivity index (χ1) is 24.0. The quantitative estimate of drug-likeness (QED) is 0.194. The summed E-state index contributed by atoms with van der Waals surface area (Å²) < 4.78 is 62.9. The minimum Gasteiger partial charge on any atom is -0.475 e. The third kappa shape index (κ3) is 10.1. The fraction of sp³-hybridized carbons (Fsp3) is 0.500. The molecule has 16 heteroatoms. The highest BCUT2D eigenvalue weighted by Crippen LogP contribution is 2.44. The Morgan fingerprint density at radius 2 is 1.60 bits per heavy atom. The summed E-state index contributed by atoms with van der Waals surface area (Å²) in [5.74, 6) is -4.71. The summed E-state index contributed by atoms with van der Waals surface area (Å²) in [5.41, 5.74) is 6.33. The summed E-state index contributed by atoms with van der Waals surface area (Å²) in [6.45, 7) is 11.8. The van der Waals surface area contributed by atoms with Gasteiger partial charge < -0.3 is 35.4 Å². The Hall–Kier alpha value is -4.57. The Labute approximate surface area is 298 Å². The maximum Gasteiger partial charge on any atom is 0.490 e. The number of carboxylic acids is 1. The fourth-order valence-corrected chi connectivity index (χ4v) is 6.88. The average Bonchev–Trinajstić information content (AvgIpc) is 3.62. The number of nitrogens with two attached hydrogens (primary N) is 1. The van der Waals surface area contributed by atoms with E-state index in [2.05, 4.69) is 0 Å². The molecular weight excluding hydrogens is 693 g/mol. The van der Waals surface area contributed by atoms with Crippen LogP contribution in [0.15, 0.2) is 54.7 Å². The maximum absolute atomic E-state index is 15.0.